The van der Waals surface area contributed by atoms with Crippen LogP contribution in [0.1, 0.15) is 13.8 Å². The molecule has 1 atom stereocenters. The highest BCUT2D eigenvalue weighted by Crippen LogP contribution is 1.92. The quantitative estimate of drug-likeness (QED) is 0.443. The molecule has 1 unspecified atom stereocenters. The summed E-state index contributed by atoms with van der Waals surface area (Å²) < 4.78 is 5.06. The smallest absolute Gasteiger partial charge is 0.119 e. The topological polar surface area (TPSA) is 24.5 Å². The second kappa shape index (κ2) is 4.73. The van der Waals surface area contributed by atoms with E-state index in [1.165, 1.54) is 0 Å². The molecule has 56 valence electrons. The summed E-state index contributed by atoms with van der Waals surface area (Å²) >= 11 is 0. The van der Waals surface area contributed by atoms with E-state index in [2.05, 4.69) is 12.3 Å². The Kier molecular flexibility index (Phi) is 4.67. The average molecular weight is 132 g/mol. The maximum absolute atomic E-state index is 5.06. The Morgan fingerprint density at radius 3 is 2.33 bits per heavy atom. The molecule has 0 aliphatic carbocycles. The SMILES string of the molecule is CCN(NC)C(C)OC. The minimum absolute atomic E-state index is 0.153. The van der Waals surface area contributed by atoms with Crippen molar-refractivity contribution in [1.82, 2.24) is 10.4 Å². The largest absolute Gasteiger partial charge is 0.365 e. The van der Waals surface area contributed by atoms with E-state index in [0.717, 1.165) is 6.54 Å². The molecule has 3 nitrogen and oxygen atoms in total. The Morgan fingerprint density at radius 1 is 1.67 bits per heavy atom. The second-order valence-electron chi connectivity index (χ2n) is 1.84. The fourth-order valence-electron chi connectivity index (χ4n) is 0.724. The van der Waals surface area contributed by atoms with E-state index in [0.29, 0.717) is 0 Å². The molecular weight excluding hydrogens is 116 g/mol. The van der Waals surface area contributed by atoms with Crippen LogP contribution in [0, 0.1) is 0 Å². The summed E-state index contributed by atoms with van der Waals surface area (Å²) in [6, 6.07) is 0. The first-order chi connectivity index (χ1) is 4.26. The van der Waals surface area contributed by atoms with Gasteiger partial charge < -0.3 is 4.74 Å². The van der Waals surface area contributed by atoms with Crippen LogP contribution in [0.4, 0.5) is 0 Å². The molecule has 0 aromatic carbocycles. The zero-order valence-corrected chi connectivity index (χ0v) is 6.64. The van der Waals surface area contributed by atoms with Gasteiger partial charge in [-0.1, -0.05) is 6.92 Å². The molecule has 0 amide bonds. The van der Waals surface area contributed by atoms with Crippen molar-refractivity contribution in [1.29, 1.82) is 0 Å². The molecule has 1 N–H and O–H groups in total. The summed E-state index contributed by atoms with van der Waals surface area (Å²) in [7, 11) is 3.59. The maximum atomic E-state index is 5.06. The Morgan fingerprint density at radius 2 is 2.22 bits per heavy atom. The molecule has 0 rings (SSSR count). The lowest BCUT2D eigenvalue weighted by molar-refractivity contribution is -0.0409. The zero-order valence-electron chi connectivity index (χ0n) is 6.64. The molecule has 0 aliphatic heterocycles. The van der Waals surface area contributed by atoms with Gasteiger partial charge in [-0.15, -0.1) is 0 Å². The Balaban J connectivity index is 3.50. The van der Waals surface area contributed by atoms with Crippen LogP contribution in [-0.2, 0) is 4.74 Å². The molecule has 0 aliphatic rings. The van der Waals surface area contributed by atoms with Gasteiger partial charge in [-0.3, -0.25) is 5.43 Å². The number of hydrazine groups is 1. The summed E-state index contributed by atoms with van der Waals surface area (Å²) in [5.41, 5.74) is 3.01. The van der Waals surface area contributed by atoms with Gasteiger partial charge in [0.05, 0.1) is 0 Å². The van der Waals surface area contributed by atoms with Crippen LogP contribution in [0.25, 0.3) is 0 Å². The minimum Gasteiger partial charge on any atom is -0.365 e. The van der Waals surface area contributed by atoms with Gasteiger partial charge in [-0.2, -0.15) is 0 Å². The van der Waals surface area contributed by atoms with Crippen LogP contribution < -0.4 is 5.43 Å². The number of rotatable bonds is 4. The summed E-state index contributed by atoms with van der Waals surface area (Å²) in [6.07, 6.45) is 0.153. The van der Waals surface area contributed by atoms with E-state index in [4.69, 9.17) is 4.74 Å². The van der Waals surface area contributed by atoms with Crippen molar-refractivity contribution in [2.75, 3.05) is 20.7 Å². The van der Waals surface area contributed by atoms with Crippen molar-refractivity contribution < 1.29 is 4.74 Å². The maximum Gasteiger partial charge on any atom is 0.119 e. The number of hydrogen-bond acceptors (Lipinski definition) is 3. The van der Waals surface area contributed by atoms with E-state index in [1.54, 1.807) is 7.11 Å². The van der Waals surface area contributed by atoms with E-state index in [1.807, 2.05) is 19.0 Å². The molecule has 9 heavy (non-hydrogen) atoms. The highest BCUT2D eigenvalue weighted by atomic mass is 16.5. The molecule has 0 spiro atoms. The summed E-state index contributed by atoms with van der Waals surface area (Å²) in [6.45, 7) is 5.03. The summed E-state index contributed by atoms with van der Waals surface area (Å²) in [4.78, 5) is 0. The summed E-state index contributed by atoms with van der Waals surface area (Å²) in [5.74, 6) is 0. The third-order valence-corrected chi connectivity index (χ3v) is 1.41. The van der Waals surface area contributed by atoms with Crippen LogP contribution >= 0.6 is 0 Å². The predicted octanol–water partition coefficient (Wildman–Crippen LogP) is 0.435. The molecule has 0 radical (unpaired) electrons. The third-order valence-electron chi connectivity index (χ3n) is 1.41. The monoisotopic (exact) mass is 132 g/mol. The van der Waals surface area contributed by atoms with Crippen LogP contribution in [0.3, 0.4) is 0 Å². The molecule has 0 saturated heterocycles. The van der Waals surface area contributed by atoms with E-state index in [-0.39, 0.29) is 6.23 Å². The van der Waals surface area contributed by atoms with Crippen molar-refractivity contribution in [3.05, 3.63) is 0 Å². The normalized spacial score (nSPS) is 14.3. The molecule has 0 heterocycles. The Labute approximate surface area is 57.0 Å². The number of nitrogens with one attached hydrogen (secondary N) is 1. The number of methoxy groups -OCH3 is 1. The van der Waals surface area contributed by atoms with Crippen molar-refractivity contribution in [3.63, 3.8) is 0 Å². The van der Waals surface area contributed by atoms with Gasteiger partial charge >= 0.3 is 0 Å². The molecule has 0 aromatic heterocycles. The lowest BCUT2D eigenvalue weighted by Gasteiger charge is -2.24. The fraction of sp³-hybridized carbons (Fsp3) is 1.00. The lowest BCUT2D eigenvalue weighted by atomic mass is 10.6. The van der Waals surface area contributed by atoms with Crippen molar-refractivity contribution in [2.45, 2.75) is 20.1 Å². The van der Waals surface area contributed by atoms with Crippen LogP contribution in [0.15, 0.2) is 0 Å². The van der Waals surface area contributed by atoms with Gasteiger partial charge in [0.2, 0.25) is 0 Å². The van der Waals surface area contributed by atoms with Gasteiger partial charge in [0.15, 0.2) is 0 Å². The molecule has 0 aromatic rings. The van der Waals surface area contributed by atoms with Crippen molar-refractivity contribution in [3.8, 4) is 0 Å². The van der Waals surface area contributed by atoms with Gasteiger partial charge in [-0.25, -0.2) is 5.01 Å². The number of nitrogens with zero attached hydrogens (tertiary/aromatic N) is 1. The van der Waals surface area contributed by atoms with Crippen molar-refractivity contribution in [2.24, 2.45) is 0 Å². The predicted molar refractivity (Wildman–Crippen MR) is 37.9 cm³/mol. The molecule has 0 bridgehead atoms. The van der Waals surface area contributed by atoms with Crippen molar-refractivity contribution >= 4 is 0 Å². The Hall–Kier alpha value is -0.120. The van der Waals surface area contributed by atoms with Gasteiger partial charge in [0, 0.05) is 13.7 Å². The summed E-state index contributed by atoms with van der Waals surface area (Å²) in [5, 5.41) is 2.00. The van der Waals surface area contributed by atoms with E-state index in [9.17, 15) is 0 Å². The van der Waals surface area contributed by atoms with Gasteiger partial charge in [0.1, 0.15) is 6.23 Å². The van der Waals surface area contributed by atoms with E-state index >= 15 is 0 Å². The second-order valence-corrected chi connectivity index (χ2v) is 1.84. The standard InChI is InChI=1S/C6H16N2O/c1-5-8(7-3)6(2)9-4/h6-7H,5H2,1-4H3. The molecular formula is C6H16N2O. The van der Waals surface area contributed by atoms with E-state index < -0.39 is 0 Å². The third kappa shape index (κ3) is 2.79. The molecule has 3 heteroatoms. The van der Waals surface area contributed by atoms with Gasteiger partial charge in [-0.05, 0) is 14.0 Å². The first-order valence-electron chi connectivity index (χ1n) is 3.23. The van der Waals surface area contributed by atoms with Crippen LogP contribution in [-0.4, -0.2) is 31.9 Å². The Bertz CT molecular complexity index is 64.1. The lowest BCUT2D eigenvalue weighted by Crippen LogP contribution is -2.42. The fourth-order valence-corrected chi connectivity index (χ4v) is 0.724. The highest BCUT2D eigenvalue weighted by Gasteiger charge is 2.05. The first kappa shape index (κ1) is 8.88. The molecule has 0 fully saturated rings. The number of ether oxygens (including phenoxy) is 1. The molecule has 0 saturated carbocycles. The van der Waals surface area contributed by atoms with Crippen LogP contribution in [0.5, 0.6) is 0 Å². The first-order valence-corrected chi connectivity index (χ1v) is 3.23. The zero-order chi connectivity index (χ0) is 7.28. The van der Waals surface area contributed by atoms with Crippen LogP contribution in [0.2, 0.25) is 0 Å². The average Bonchev–Trinajstić information content (AvgIpc) is 1.90. The number of hydrogen-bond donors (Lipinski definition) is 1. The minimum atomic E-state index is 0.153. The van der Waals surface area contributed by atoms with Gasteiger partial charge in [0.25, 0.3) is 0 Å². The highest BCUT2D eigenvalue weighted by molar-refractivity contribution is 4.46.